The monoisotopic (exact) mass is 294 g/mol. The number of aliphatic hydroxyl groups excluding tert-OH is 1. The number of allylic oxidation sites excluding steroid dienone is 1. The van der Waals surface area contributed by atoms with Crippen molar-refractivity contribution in [3.05, 3.63) is 46.0 Å². The molecule has 17 heavy (non-hydrogen) atoms. The van der Waals surface area contributed by atoms with Crippen LogP contribution in [0.2, 0.25) is 0 Å². The van der Waals surface area contributed by atoms with Gasteiger partial charge in [-0.1, -0.05) is 45.8 Å². The molecule has 1 aliphatic carbocycles. The molecule has 2 heteroatoms. The SMILES string of the molecule is OC(CC1=CCCCC1)Cc1ccccc1Br. The molecule has 1 N–H and O–H groups in total. The molecule has 1 atom stereocenters. The van der Waals surface area contributed by atoms with Gasteiger partial charge in [-0.15, -0.1) is 0 Å². The molecule has 0 radical (unpaired) electrons. The first-order chi connectivity index (χ1) is 8.25. The molecule has 1 aliphatic rings. The third-order valence-electron chi connectivity index (χ3n) is 3.30. The van der Waals surface area contributed by atoms with Gasteiger partial charge >= 0.3 is 0 Å². The van der Waals surface area contributed by atoms with Crippen LogP contribution < -0.4 is 0 Å². The molecule has 0 aliphatic heterocycles. The zero-order valence-corrected chi connectivity index (χ0v) is 11.6. The smallest absolute Gasteiger partial charge is 0.0618 e. The van der Waals surface area contributed by atoms with Crippen molar-refractivity contribution in [1.82, 2.24) is 0 Å². The molecule has 0 amide bonds. The Hall–Kier alpha value is -0.600. The summed E-state index contributed by atoms with van der Waals surface area (Å²) in [7, 11) is 0. The van der Waals surface area contributed by atoms with E-state index < -0.39 is 0 Å². The molecule has 0 saturated carbocycles. The molecule has 1 aromatic rings. The van der Waals surface area contributed by atoms with Crippen molar-refractivity contribution in [2.24, 2.45) is 0 Å². The minimum atomic E-state index is -0.252. The lowest BCUT2D eigenvalue weighted by atomic mass is 9.93. The van der Waals surface area contributed by atoms with Crippen LogP contribution in [-0.4, -0.2) is 11.2 Å². The van der Waals surface area contributed by atoms with Crippen LogP contribution in [-0.2, 0) is 6.42 Å². The van der Waals surface area contributed by atoms with E-state index in [1.165, 1.54) is 36.8 Å². The molecule has 2 rings (SSSR count). The molecule has 1 unspecified atom stereocenters. The van der Waals surface area contributed by atoms with Crippen molar-refractivity contribution < 1.29 is 5.11 Å². The van der Waals surface area contributed by atoms with Gasteiger partial charge in [0.2, 0.25) is 0 Å². The second-order valence-electron chi connectivity index (χ2n) is 4.76. The molecule has 0 saturated heterocycles. The van der Waals surface area contributed by atoms with Crippen LogP contribution in [0.1, 0.15) is 37.7 Å². The first-order valence-electron chi connectivity index (χ1n) is 6.35. The molecule has 0 spiro atoms. The molecular formula is C15H19BrO. The van der Waals surface area contributed by atoms with Gasteiger partial charge in [0, 0.05) is 4.47 Å². The highest BCUT2D eigenvalue weighted by atomic mass is 79.9. The van der Waals surface area contributed by atoms with Crippen LogP contribution in [0.15, 0.2) is 40.4 Å². The van der Waals surface area contributed by atoms with Gasteiger partial charge in [0.05, 0.1) is 6.10 Å². The maximum Gasteiger partial charge on any atom is 0.0618 e. The second-order valence-corrected chi connectivity index (χ2v) is 5.62. The predicted molar refractivity (Wildman–Crippen MR) is 75.0 cm³/mol. The minimum Gasteiger partial charge on any atom is -0.392 e. The first kappa shape index (κ1) is 12.8. The van der Waals surface area contributed by atoms with E-state index in [9.17, 15) is 5.11 Å². The van der Waals surface area contributed by atoms with Gasteiger partial charge in [-0.3, -0.25) is 0 Å². The Morgan fingerprint density at radius 3 is 2.71 bits per heavy atom. The molecule has 0 heterocycles. The fourth-order valence-corrected chi connectivity index (χ4v) is 2.83. The normalized spacial score (nSPS) is 17.6. The standard InChI is InChI=1S/C15H19BrO/c16-15-9-5-4-8-13(15)11-14(17)10-12-6-2-1-3-7-12/h4-6,8-9,14,17H,1-3,7,10-11H2. The van der Waals surface area contributed by atoms with E-state index in [1.807, 2.05) is 18.2 Å². The van der Waals surface area contributed by atoms with E-state index in [1.54, 1.807) is 0 Å². The highest BCUT2D eigenvalue weighted by Gasteiger charge is 2.12. The number of halogens is 1. The van der Waals surface area contributed by atoms with Crippen LogP contribution >= 0.6 is 15.9 Å². The van der Waals surface area contributed by atoms with Crippen LogP contribution in [0, 0.1) is 0 Å². The van der Waals surface area contributed by atoms with Gasteiger partial charge < -0.3 is 5.11 Å². The summed E-state index contributed by atoms with van der Waals surface area (Å²) < 4.78 is 1.09. The summed E-state index contributed by atoms with van der Waals surface area (Å²) in [5.74, 6) is 0. The number of hydrogen-bond donors (Lipinski definition) is 1. The lowest BCUT2D eigenvalue weighted by Crippen LogP contribution is -2.12. The van der Waals surface area contributed by atoms with Gasteiger partial charge in [0.1, 0.15) is 0 Å². The quantitative estimate of drug-likeness (QED) is 0.824. The summed E-state index contributed by atoms with van der Waals surface area (Å²) in [6, 6.07) is 8.13. The molecule has 92 valence electrons. The molecule has 0 fully saturated rings. The number of aliphatic hydroxyl groups is 1. The fourth-order valence-electron chi connectivity index (χ4n) is 2.38. The lowest BCUT2D eigenvalue weighted by molar-refractivity contribution is 0.173. The van der Waals surface area contributed by atoms with Crippen molar-refractivity contribution in [3.8, 4) is 0 Å². The van der Waals surface area contributed by atoms with Gasteiger partial charge in [-0.05, 0) is 50.2 Å². The Morgan fingerprint density at radius 1 is 1.18 bits per heavy atom. The van der Waals surface area contributed by atoms with Crippen molar-refractivity contribution in [2.75, 3.05) is 0 Å². The summed E-state index contributed by atoms with van der Waals surface area (Å²) in [5.41, 5.74) is 2.63. The second kappa shape index (κ2) is 6.36. The molecule has 0 aromatic heterocycles. The topological polar surface area (TPSA) is 20.2 Å². The van der Waals surface area contributed by atoms with Crippen molar-refractivity contribution in [1.29, 1.82) is 0 Å². The van der Waals surface area contributed by atoms with Gasteiger partial charge in [0.25, 0.3) is 0 Å². The highest BCUT2D eigenvalue weighted by molar-refractivity contribution is 9.10. The Kier molecular flexibility index (Phi) is 4.81. The summed E-state index contributed by atoms with van der Waals surface area (Å²) >= 11 is 3.52. The Balaban J connectivity index is 1.91. The van der Waals surface area contributed by atoms with Crippen LogP contribution in [0.5, 0.6) is 0 Å². The molecular weight excluding hydrogens is 276 g/mol. The molecule has 1 aromatic carbocycles. The zero-order valence-electron chi connectivity index (χ0n) is 10.0. The fraction of sp³-hybridized carbons (Fsp3) is 0.467. The third kappa shape index (κ3) is 3.97. The first-order valence-corrected chi connectivity index (χ1v) is 7.14. The maximum atomic E-state index is 10.1. The van der Waals surface area contributed by atoms with Crippen LogP contribution in [0.3, 0.4) is 0 Å². The van der Waals surface area contributed by atoms with Crippen molar-refractivity contribution in [3.63, 3.8) is 0 Å². The number of benzene rings is 1. The largest absolute Gasteiger partial charge is 0.392 e. The average molecular weight is 295 g/mol. The van der Waals surface area contributed by atoms with Gasteiger partial charge in [-0.25, -0.2) is 0 Å². The number of hydrogen-bond acceptors (Lipinski definition) is 1. The molecule has 1 nitrogen and oxygen atoms in total. The van der Waals surface area contributed by atoms with Gasteiger partial charge in [-0.2, -0.15) is 0 Å². The van der Waals surface area contributed by atoms with E-state index in [2.05, 4.69) is 28.1 Å². The maximum absolute atomic E-state index is 10.1. The average Bonchev–Trinajstić information content (AvgIpc) is 2.33. The van der Waals surface area contributed by atoms with Crippen LogP contribution in [0.25, 0.3) is 0 Å². The van der Waals surface area contributed by atoms with E-state index >= 15 is 0 Å². The van der Waals surface area contributed by atoms with Gasteiger partial charge in [0.15, 0.2) is 0 Å². The number of rotatable bonds is 4. The van der Waals surface area contributed by atoms with Crippen molar-refractivity contribution in [2.45, 2.75) is 44.6 Å². The Labute approximate surface area is 112 Å². The lowest BCUT2D eigenvalue weighted by Gasteiger charge is -2.17. The van der Waals surface area contributed by atoms with E-state index in [-0.39, 0.29) is 6.10 Å². The van der Waals surface area contributed by atoms with E-state index in [0.717, 1.165) is 17.3 Å². The van der Waals surface area contributed by atoms with Crippen LogP contribution in [0.4, 0.5) is 0 Å². The molecule has 0 bridgehead atoms. The summed E-state index contributed by atoms with van der Waals surface area (Å²) in [5, 5.41) is 10.1. The minimum absolute atomic E-state index is 0.252. The summed E-state index contributed by atoms with van der Waals surface area (Å²) in [6.07, 6.45) is 8.59. The van der Waals surface area contributed by atoms with E-state index in [0.29, 0.717) is 0 Å². The zero-order chi connectivity index (χ0) is 12.1. The Bertz CT molecular complexity index is 398. The third-order valence-corrected chi connectivity index (χ3v) is 4.07. The highest BCUT2D eigenvalue weighted by Crippen LogP contribution is 2.24. The predicted octanol–water partition coefficient (Wildman–Crippen LogP) is 4.24. The summed E-state index contributed by atoms with van der Waals surface area (Å²) in [6.45, 7) is 0. The summed E-state index contributed by atoms with van der Waals surface area (Å²) in [4.78, 5) is 0. The van der Waals surface area contributed by atoms with E-state index in [4.69, 9.17) is 0 Å². The Morgan fingerprint density at radius 2 is 2.00 bits per heavy atom. The van der Waals surface area contributed by atoms with Crippen molar-refractivity contribution >= 4 is 15.9 Å².